The second-order valence-electron chi connectivity index (χ2n) is 5.10. The van der Waals surface area contributed by atoms with E-state index in [0.717, 1.165) is 25.3 Å². The van der Waals surface area contributed by atoms with Crippen LogP contribution in [0.5, 0.6) is 5.75 Å². The van der Waals surface area contributed by atoms with Gasteiger partial charge >= 0.3 is 0 Å². The summed E-state index contributed by atoms with van der Waals surface area (Å²) >= 11 is 0. The Balaban J connectivity index is 1.95. The Morgan fingerprint density at radius 2 is 1.90 bits per heavy atom. The van der Waals surface area contributed by atoms with E-state index in [4.69, 9.17) is 4.74 Å². The average Bonchev–Trinajstić information content (AvgIpc) is 2.54. The lowest BCUT2D eigenvalue weighted by Crippen LogP contribution is -2.26. The summed E-state index contributed by atoms with van der Waals surface area (Å²) in [5.41, 5.74) is 5.32. The summed E-state index contributed by atoms with van der Waals surface area (Å²) in [4.78, 5) is 2.24. The van der Waals surface area contributed by atoms with Crippen LogP contribution in [-0.4, -0.2) is 20.7 Å². The van der Waals surface area contributed by atoms with E-state index < -0.39 is 0 Å². The van der Waals surface area contributed by atoms with Crippen molar-refractivity contribution in [2.24, 2.45) is 0 Å². The maximum atomic E-state index is 5.22. The summed E-state index contributed by atoms with van der Waals surface area (Å²) in [6.45, 7) is 2.02. The number of rotatable bonds is 3. The summed E-state index contributed by atoms with van der Waals surface area (Å²) < 4.78 is 5.22. The molecule has 0 aromatic heterocycles. The molecule has 0 bridgehead atoms. The lowest BCUT2D eigenvalue weighted by atomic mass is 9.98. The quantitative estimate of drug-likeness (QED) is 0.925. The Labute approximate surface area is 120 Å². The fourth-order valence-corrected chi connectivity index (χ4v) is 2.76. The number of benzene rings is 2. The summed E-state index contributed by atoms with van der Waals surface area (Å²) in [6.07, 6.45) is 1.11. The minimum absolute atomic E-state index is 0.888. The van der Waals surface area contributed by atoms with Crippen molar-refractivity contribution in [3.8, 4) is 5.75 Å². The molecule has 0 radical (unpaired) electrons. The summed E-state index contributed by atoms with van der Waals surface area (Å²) in [5, 5.41) is 3.46. The molecular formula is C17H20N2O. The van der Waals surface area contributed by atoms with Gasteiger partial charge in [0.25, 0.3) is 0 Å². The van der Waals surface area contributed by atoms with E-state index in [1.165, 1.54) is 22.5 Å². The molecule has 0 saturated carbocycles. The lowest BCUT2D eigenvalue weighted by Gasteiger charge is -2.27. The Morgan fingerprint density at radius 1 is 1.10 bits per heavy atom. The standard InChI is InChI=1S/C17H20N2O/c1-19(14-6-8-15(20-2)9-7-14)17-5-3-4-13-10-11-18-12-16(13)17/h3-9,18H,10-12H2,1-2H3. The highest BCUT2D eigenvalue weighted by Crippen LogP contribution is 2.31. The number of hydrogen-bond donors (Lipinski definition) is 1. The summed E-state index contributed by atoms with van der Waals surface area (Å²) in [7, 11) is 3.81. The molecule has 0 spiro atoms. The molecule has 0 fully saturated rings. The van der Waals surface area contributed by atoms with Gasteiger partial charge in [-0.15, -0.1) is 0 Å². The molecular weight excluding hydrogens is 248 g/mol. The number of hydrogen-bond acceptors (Lipinski definition) is 3. The summed E-state index contributed by atoms with van der Waals surface area (Å²) in [5.74, 6) is 0.888. The molecule has 104 valence electrons. The number of anilines is 2. The number of nitrogens with zero attached hydrogens (tertiary/aromatic N) is 1. The smallest absolute Gasteiger partial charge is 0.119 e. The van der Waals surface area contributed by atoms with Crippen LogP contribution in [0.15, 0.2) is 42.5 Å². The molecule has 1 N–H and O–H groups in total. The van der Waals surface area contributed by atoms with Gasteiger partial charge in [0.2, 0.25) is 0 Å². The van der Waals surface area contributed by atoms with Crippen LogP contribution in [0.25, 0.3) is 0 Å². The highest BCUT2D eigenvalue weighted by Gasteiger charge is 2.15. The fourth-order valence-electron chi connectivity index (χ4n) is 2.76. The van der Waals surface area contributed by atoms with Crippen LogP contribution in [0.2, 0.25) is 0 Å². The summed E-state index contributed by atoms with van der Waals surface area (Å²) in [6, 6.07) is 14.8. The highest BCUT2D eigenvalue weighted by molar-refractivity contribution is 5.68. The molecule has 0 amide bonds. The van der Waals surface area contributed by atoms with Gasteiger partial charge in [-0.3, -0.25) is 0 Å². The number of methoxy groups -OCH3 is 1. The largest absolute Gasteiger partial charge is 0.497 e. The first-order valence-corrected chi connectivity index (χ1v) is 6.99. The molecule has 3 heteroatoms. The molecule has 3 nitrogen and oxygen atoms in total. The van der Waals surface area contributed by atoms with Gasteiger partial charge in [-0.1, -0.05) is 12.1 Å². The van der Waals surface area contributed by atoms with Crippen molar-refractivity contribution in [2.45, 2.75) is 13.0 Å². The Morgan fingerprint density at radius 3 is 2.65 bits per heavy atom. The van der Waals surface area contributed by atoms with Crippen molar-refractivity contribution < 1.29 is 4.74 Å². The predicted octanol–water partition coefficient (Wildman–Crippen LogP) is 3.11. The Hall–Kier alpha value is -2.00. The molecule has 1 aliphatic heterocycles. The maximum Gasteiger partial charge on any atom is 0.119 e. The van der Waals surface area contributed by atoms with Gasteiger partial charge in [0.1, 0.15) is 5.75 Å². The topological polar surface area (TPSA) is 24.5 Å². The van der Waals surface area contributed by atoms with Gasteiger partial charge in [0, 0.05) is 25.0 Å². The van der Waals surface area contributed by atoms with Crippen LogP contribution in [0.1, 0.15) is 11.1 Å². The highest BCUT2D eigenvalue weighted by atomic mass is 16.5. The number of nitrogens with one attached hydrogen (secondary N) is 1. The monoisotopic (exact) mass is 268 g/mol. The van der Waals surface area contributed by atoms with Crippen LogP contribution >= 0.6 is 0 Å². The lowest BCUT2D eigenvalue weighted by molar-refractivity contribution is 0.415. The van der Waals surface area contributed by atoms with E-state index >= 15 is 0 Å². The zero-order valence-corrected chi connectivity index (χ0v) is 12.0. The molecule has 1 heterocycles. The minimum atomic E-state index is 0.888. The van der Waals surface area contributed by atoms with Gasteiger partial charge in [0.05, 0.1) is 7.11 Å². The van der Waals surface area contributed by atoms with Crippen LogP contribution in [0.4, 0.5) is 11.4 Å². The van der Waals surface area contributed by atoms with Crippen molar-refractivity contribution in [1.29, 1.82) is 0 Å². The first-order chi connectivity index (χ1) is 9.79. The van der Waals surface area contributed by atoms with Crippen molar-refractivity contribution in [2.75, 3.05) is 25.6 Å². The van der Waals surface area contributed by atoms with Gasteiger partial charge < -0.3 is 15.0 Å². The zero-order chi connectivity index (χ0) is 13.9. The van der Waals surface area contributed by atoms with Gasteiger partial charge in [0.15, 0.2) is 0 Å². The minimum Gasteiger partial charge on any atom is -0.497 e. The zero-order valence-electron chi connectivity index (χ0n) is 12.0. The van der Waals surface area contributed by atoms with E-state index in [1.54, 1.807) is 7.11 Å². The molecule has 0 unspecified atom stereocenters. The predicted molar refractivity (Wildman–Crippen MR) is 82.9 cm³/mol. The van der Waals surface area contributed by atoms with Crippen LogP contribution < -0.4 is 15.0 Å². The van der Waals surface area contributed by atoms with Crippen LogP contribution in [0.3, 0.4) is 0 Å². The number of ether oxygens (including phenoxy) is 1. The van der Waals surface area contributed by atoms with E-state index in [0.29, 0.717) is 0 Å². The van der Waals surface area contributed by atoms with E-state index in [2.05, 4.69) is 47.6 Å². The molecule has 3 rings (SSSR count). The number of fused-ring (bicyclic) bond motifs is 1. The third-order valence-electron chi connectivity index (χ3n) is 3.94. The van der Waals surface area contributed by atoms with E-state index in [1.807, 2.05) is 12.1 Å². The second-order valence-corrected chi connectivity index (χ2v) is 5.10. The molecule has 0 atom stereocenters. The van der Waals surface area contributed by atoms with Crippen LogP contribution in [-0.2, 0) is 13.0 Å². The molecule has 2 aromatic carbocycles. The third kappa shape index (κ3) is 2.37. The van der Waals surface area contributed by atoms with Crippen LogP contribution in [0, 0.1) is 0 Å². The van der Waals surface area contributed by atoms with Gasteiger partial charge in [-0.05, 0) is 54.4 Å². The van der Waals surface area contributed by atoms with Gasteiger partial charge in [-0.25, -0.2) is 0 Å². The first kappa shape index (κ1) is 13.0. The van der Waals surface area contributed by atoms with Crippen molar-refractivity contribution in [1.82, 2.24) is 5.32 Å². The molecule has 1 aliphatic rings. The third-order valence-corrected chi connectivity index (χ3v) is 3.94. The average molecular weight is 268 g/mol. The second kappa shape index (κ2) is 5.55. The van der Waals surface area contributed by atoms with Crippen molar-refractivity contribution in [3.63, 3.8) is 0 Å². The Kier molecular flexibility index (Phi) is 3.61. The maximum absolute atomic E-state index is 5.22. The normalized spacial score (nSPS) is 13.7. The molecule has 20 heavy (non-hydrogen) atoms. The molecule has 0 saturated heterocycles. The SMILES string of the molecule is COc1ccc(N(C)c2cccc3c2CNCC3)cc1. The molecule has 2 aromatic rings. The van der Waals surface area contributed by atoms with E-state index in [-0.39, 0.29) is 0 Å². The van der Waals surface area contributed by atoms with E-state index in [9.17, 15) is 0 Å². The molecule has 0 aliphatic carbocycles. The van der Waals surface area contributed by atoms with Gasteiger partial charge in [-0.2, -0.15) is 0 Å². The Bertz CT molecular complexity index is 592. The van der Waals surface area contributed by atoms with Crippen molar-refractivity contribution in [3.05, 3.63) is 53.6 Å². The van der Waals surface area contributed by atoms with Crippen molar-refractivity contribution >= 4 is 11.4 Å². The fraction of sp³-hybridized carbons (Fsp3) is 0.294. The first-order valence-electron chi connectivity index (χ1n) is 6.99.